The highest BCUT2D eigenvalue weighted by Gasteiger charge is 2.33. The fourth-order valence-corrected chi connectivity index (χ4v) is 3.91. The van der Waals surface area contributed by atoms with E-state index in [0.29, 0.717) is 5.92 Å². The summed E-state index contributed by atoms with van der Waals surface area (Å²) in [5, 5.41) is 0. The van der Waals surface area contributed by atoms with Crippen LogP contribution in [0.4, 0.5) is 0 Å². The maximum absolute atomic E-state index is 12.6. The number of rotatable bonds is 7. The van der Waals surface area contributed by atoms with Gasteiger partial charge in [0.25, 0.3) is 0 Å². The van der Waals surface area contributed by atoms with E-state index < -0.39 is 0 Å². The summed E-state index contributed by atoms with van der Waals surface area (Å²) in [6.07, 6.45) is 11.2. The summed E-state index contributed by atoms with van der Waals surface area (Å²) in [5.74, 6) is 0.505. The van der Waals surface area contributed by atoms with E-state index in [1.807, 2.05) is 36.0 Å². The molecule has 0 saturated carbocycles. The van der Waals surface area contributed by atoms with Crippen LogP contribution in [0.2, 0.25) is 0 Å². The average molecular weight is 375 g/mol. The predicted molar refractivity (Wildman–Crippen MR) is 115 cm³/mol. The molecule has 0 aliphatic heterocycles. The first-order valence-corrected chi connectivity index (χ1v) is 10.6. The van der Waals surface area contributed by atoms with Crippen LogP contribution in [0.5, 0.6) is 0 Å². The summed E-state index contributed by atoms with van der Waals surface area (Å²) in [6, 6.07) is 8.22. The van der Waals surface area contributed by atoms with E-state index in [1.165, 1.54) is 5.56 Å². The van der Waals surface area contributed by atoms with Crippen LogP contribution < -0.4 is 0 Å². The minimum Gasteiger partial charge on any atom is -0.289 e. The number of allylic oxidation sites excluding steroid dienone is 4. The second-order valence-electron chi connectivity index (χ2n) is 7.97. The molecule has 3 heteroatoms. The topological polar surface area (TPSA) is 17.1 Å². The zero-order valence-corrected chi connectivity index (χ0v) is 17.7. The van der Waals surface area contributed by atoms with Gasteiger partial charge >= 0.3 is 0 Å². The fourth-order valence-electron chi connectivity index (χ4n) is 3.22. The Kier molecular flexibility index (Phi) is 6.67. The highest BCUT2D eigenvalue weighted by molar-refractivity contribution is 8.00. The molecule has 0 bridgehead atoms. The van der Waals surface area contributed by atoms with Crippen molar-refractivity contribution in [2.24, 2.45) is 0 Å². The van der Waals surface area contributed by atoms with E-state index in [4.69, 9.17) is 12.6 Å². The lowest BCUT2D eigenvalue weighted by atomic mass is 9.80. The highest BCUT2D eigenvalue weighted by atomic mass is 32.2. The Morgan fingerprint density at radius 2 is 1.80 bits per heavy atom. The van der Waals surface area contributed by atoms with Gasteiger partial charge in [0.05, 0.1) is 0 Å². The molecule has 25 heavy (non-hydrogen) atoms. The molecule has 0 fully saturated rings. The molecular formula is C22H30OS2. The number of ketones is 1. The van der Waals surface area contributed by atoms with Gasteiger partial charge in [-0.1, -0.05) is 70.2 Å². The number of hydrogen-bond acceptors (Lipinski definition) is 3. The van der Waals surface area contributed by atoms with Gasteiger partial charge in [0, 0.05) is 20.6 Å². The molecule has 1 nitrogen and oxygen atoms in total. The first-order valence-electron chi connectivity index (χ1n) is 8.93. The SMILES string of the molecule is CSC(C)(C)C(CC(C)(C)S)c1ccc(C(=O)C2=CCCC=C2)cc1. The Morgan fingerprint density at radius 1 is 1.16 bits per heavy atom. The zero-order chi connectivity index (χ0) is 18.7. The number of thiol groups is 1. The Morgan fingerprint density at radius 3 is 2.28 bits per heavy atom. The van der Waals surface area contributed by atoms with Gasteiger partial charge in [-0.15, -0.1) is 0 Å². The minimum absolute atomic E-state index is 0.0378. The second-order valence-corrected chi connectivity index (χ2v) is 10.6. The normalized spacial score (nSPS) is 16.5. The molecule has 2 rings (SSSR count). The monoisotopic (exact) mass is 374 g/mol. The lowest BCUT2D eigenvalue weighted by molar-refractivity contribution is 0.103. The van der Waals surface area contributed by atoms with Crippen molar-refractivity contribution in [2.75, 3.05) is 6.26 Å². The summed E-state index contributed by atoms with van der Waals surface area (Å²) in [5.41, 5.74) is 2.87. The van der Waals surface area contributed by atoms with Crippen molar-refractivity contribution in [2.45, 2.75) is 62.4 Å². The Balaban J connectivity index is 2.27. The van der Waals surface area contributed by atoms with Crippen LogP contribution in [0.25, 0.3) is 0 Å². The molecule has 0 spiro atoms. The lowest BCUT2D eigenvalue weighted by Crippen LogP contribution is -2.30. The van der Waals surface area contributed by atoms with Gasteiger partial charge in [0.15, 0.2) is 5.78 Å². The first-order chi connectivity index (χ1) is 11.6. The van der Waals surface area contributed by atoms with Crippen LogP contribution in [0.15, 0.2) is 48.1 Å². The second kappa shape index (κ2) is 8.18. The molecule has 0 N–H and O–H groups in total. The van der Waals surface area contributed by atoms with Gasteiger partial charge in [0.1, 0.15) is 0 Å². The maximum atomic E-state index is 12.6. The van der Waals surface area contributed by atoms with Crippen molar-refractivity contribution in [3.8, 4) is 0 Å². The predicted octanol–water partition coefficient (Wildman–Crippen LogP) is 6.47. The standard InChI is InChI=1S/C22H30OS2/c1-21(2,24)15-19(22(3,4)25-5)16-11-13-18(14-12-16)20(23)17-9-7-6-8-10-17/h7,9-14,19,24H,6,8,15H2,1-5H3. The van der Waals surface area contributed by atoms with Crippen molar-refractivity contribution >= 4 is 30.2 Å². The molecule has 0 amide bonds. The van der Waals surface area contributed by atoms with Gasteiger partial charge in [0.2, 0.25) is 0 Å². The molecule has 1 aromatic rings. The van der Waals surface area contributed by atoms with Crippen LogP contribution >= 0.6 is 24.4 Å². The van der Waals surface area contributed by atoms with Gasteiger partial charge in [-0.3, -0.25) is 4.79 Å². The third-order valence-corrected chi connectivity index (χ3v) is 6.42. The lowest BCUT2D eigenvalue weighted by Gasteiger charge is -2.37. The van der Waals surface area contributed by atoms with Gasteiger partial charge in [-0.2, -0.15) is 24.4 Å². The quantitative estimate of drug-likeness (QED) is 0.435. The largest absolute Gasteiger partial charge is 0.289 e. The first kappa shape index (κ1) is 20.4. The van der Waals surface area contributed by atoms with Crippen molar-refractivity contribution in [3.05, 3.63) is 59.2 Å². The molecule has 0 heterocycles. The van der Waals surface area contributed by atoms with Gasteiger partial charge in [-0.25, -0.2) is 0 Å². The number of carbonyl (C=O) groups excluding carboxylic acids is 1. The number of carbonyl (C=O) groups is 1. The molecule has 0 saturated heterocycles. The molecule has 0 radical (unpaired) electrons. The molecule has 1 aromatic carbocycles. The van der Waals surface area contributed by atoms with E-state index in [0.717, 1.165) is 30.4 Å². The van der Waals surface area contributed by atoms with Crippen molar-refractivity contribution in [1.29, 1.82) is 0 Å². The summed E-state index contributed by atoms with van der Waals surface area (Å²) in [7, 11) is 0. The van der Waals surface area contributed by atoms with Crippen LogP contribution in [-0.4, -0.2) is 21.5 Å². The van der Waals surface area contributed by atoms with E-state index in [-0.39, 0.29) is 15.3 Å². The zero-order valence-electron chi connectivity index (χ0n) is 16.0. The third-order valence-electron chi connectivity index (χ3n) is 4.90. The smallest absolute Gasteiger partial charge is 0.192 e. The van der Waals surface area contributed by atoms with Crippen LogP contribution in [0.3, 0.4) is 0 Å². The van der Waals surface area contributed by atoms with E-state index in [9.17, 15) is 4.79 Å². The third kappa shape index (κ3) is 5.52. The van der Waals surface area contributed by atoms with Crippen molar-refractivity contribution in [3.63, 3.8) is 0 Å². The molecule has 1 aliphatic rings. The van der Waals surface area contributed by atoms with Crippen molar-refractivity contribution in [1.82, 2.24) is 0 Å². The number of thioether (sulfide) groups is 1. The molecule has 1 atom stereocenters. The number of Topliss-reactive ketones (excluding diaryl/α,β-unsaturated/α-hetero) is 1. The maximum Gasteiger partial charge on any atom is 0.192 e. The Labute approximate surface area is 162 Å². The number of benzene rings is 1. The van der Waals surface area contributed by atoms with Crippen LogP contribution in [-0.2, 0) is 0 Å². The van der Waals surface area contributed by atoms with Crippen molar-refractivity contribution < 1.29 is 4.79 Å². The Bertz CT molecular complexity index is 660. The minimum atomic E-state index is -0.0378. The van der Waals surface area contributed by atoms with Gasteiger partial charge in [-0.05, 0) is 37.0 Å². The molecular weight excluding hydrogens is 344 g/mol. The summed E-state index contributed by atoms with van der Waals surface area (Å²) < 4.78 is 0.0734. The average Bonchev–Trinajstić information content (AvgIpc) is 2.59. The van der Waals surface area contributed by atoms with Gasteiger partial charge < -0.3 is 0 Å². The Hall–Kier alpha value is -0.930. The van der Waals surface area contributed by atoms with Crippen LogP contribution in [0.1, 0.15) is 68.8 Å². The van der Waals surface area contributed by atoms with E-state index in [1.54, 1.807) is 0 Å². The number of hydrogen-bond donors (Lipinski definition) is 1. The van der Waals surface area contributed by atoms with E-state index in [2.05, 4.69) is 52.2 Å². The van der Waals surface area contributed by atoms with E-state index >= 15 is 0 Å². The molecule has 1 aliphatic carbocycles. The highest BCUT2D eigenvalue weighted by Crippen LogP contribution is 2.43. The summed E-state index contributed by atoms with van der Waals surface area (Å²) in [6.45, 7) is 8.91. The fraction of sp³-hybridized carbons (Fsp3) is 0.500. The van der Waals surface area contributed by atoms with Crippen LogP contribution in [0, 0.1) is 0 Å². The summed E-state index contributed by atoms with van der Waals surface area (Å²) >= 11 is 6.64. The molecule has 136 valence electrons. The molecule has 0 aromatic heterocycles. The summed E-state index contributed by atoms with van der Waals surface area (Å²) in [4.78, 5) is 12.6. The molecule has 1 unspecified atom stereocenters.